The summed E-state index contributed by atoms with van der Waals surface area (Å²) in [5.41, 5.74) is 0. The molecule has 0 N–H and O–H groups in total. The van der Waals surface area contributed by atoms with Crippen LogP contribution in [0.2, 0.25) is 0 Å². The number of ether oxygens (including phenoxy) is 4. The lowest BCUT2D eigenvalue weighted by Crippen LogP contribution is -2.35. The second kappa shape index (κ2) is 7.26. The molecule has 0 aliphatic rings. The monoisotopic (exact) mass is 192 g/mol. The summed E-state index contributed by atoms with van der Waals surface area (Å²) in [4.78, 5) is 0. The molecule has 0 aromatic carbocycles. The number of rotatable bonds is 7. The van der Waals surface area contributed by atoms with Gasteiger partial charge in [0, 0.05) is 27.9 Å². The fourth-order valence-corrected chi connectivity index (χ4v) is 1.25. The second-order valence-electron chi connectivity index (χ2n) is 2.76. The Hall–Kier alpha value is -0.160. The van der Waals surface area contributed by atoms with Crippen molar-refractivity contribution in [2.45, 2.75) is 26.4 Å². The van der Waals surface area contributed by atoms with Crippen molar-refractivity contribution in [1.82, 2.24) is 0 Å². The van der Waals surface area contributed by atoms with Crippen molar-refractivity contribution in [2.75, 3.05) is 27.9 Å². The van der Waals surface area contributed by atoms with Crippen LogP contribution in [0.15, 0.2) is 0 Å². The first kappa shape index (κ1) is 12.8. The lowest BCUT2D eigenvalue weighted by atomic mass is 10.1. The normalized spacial score (nSPS) is 16.2. The van der Waals surface area contributed by atoms with E-state index in [0.29, 0.717) is 6.61 Å². The lowest BCUT2D eigenvalue weighted by molar-refractivity contribution is -0.223. The van der Waals surface area contributed by atoms with Crippen molar-refractivity contribution in [3.63, 3.8) is 0 Å². The highest BCUT2D eigenvalue weighted by molar-refractivity contribution is 4.60. The maximum atomic E-state index is 5.36. The first-order valence-electron chi connectivity index (χ1n) is 4.41. The molecule has 13 heavy (non-hydrogen) atoms. The zero-order valence-corrected chi connectivity index (χ0v) is 9.07. The van der Waals surface area contributed by atoms with Crippen molar-refractivity contribution in [1.29, 1.82) is 0 Å². The topological polar surface area (TPSA) is 36.9 Å². The molecule has 0 saturated carbocycles. The van der Waals surface area contributed by atoms with E-state index in [1.807, 2.05) is 13.8 Å². The Morgan fingerprint density at radius 3 is 1.69 bits per heavy atom. The van der Waals surface area contributed by atoms with Gasteiger partial charge in [0.1, 0.15) is 0 Å². The summed E-state index contributed by atoms with van der Waals surface area (Å²) in [6.07, 6.45) is -0.577. The van der Waals surface area contributed by atoms with E-state index < -0.39 is 0 Å². The zero-order chi connectivity index (χ0) is 10.3. The Kier molecular flexibility index (Phi) is 7.17. The van der Waals surface area contributed by atoms with Gasteiger partial charge in [-0.3, -0.25) is 0 Å². The molecule has 0 bridgehead atoms. The molecule has 80 valence electrons. The molecule has 0 radical (unpaired) electrons. The first-order chi connectivity index (χ1) is 6.21. The largest absolute Gasteiger partial charge is 0.355 e. The van der Waals surface area contributed by atoms with Gasteiger partial charge in [-0.2, -0.15) is 0 Å². The van der Waals surface area contributed by atoms with E-state index in [2.05, 4.69) is 0 Å². The second-order valence-corrected chi connectivity index (χ2v) is 2.76. The highest BCUT2D eigenvalue weighted by Crippen LogP contribution is 2.15. The smallest absolute Gasteiger partial charge is 0.164 e. The molecule has 0 aromatic heterocycles. The van der Waals surface area contributed by atoms with Crippen LogP contribution in [0.1, 0.15) is 13.8 Å². The molecule has 0 saturated heterocycles. The van der Waals surface area contributed by atoms with Gasteiger partial charge in [0.05, 0.1) is 5.92 Å². The molecule has 0 aromatic rings. The third kappa shape index (κ3) is 4.04. The van der Waals surface area contributed by atoms with E-state index in [4.69, 9.17) is 18.9 Å². The molecule has 2 atom stereocenters. The highest BCUT2D eigenvalue weighted by Gasteiger charge is 2.25. The van der Waals surface area contributed by atoms with Crippen LogP contribution in [0, 0.1) is 5.92 Å². The van der Waals surface area contributed by atoms with E-state index in [1.165, 1.54) is 0 Å². The third-order valence-electron chi connectivity index (χ3n) is 1.89. The summed E-state index contributed by atoms with van der Waals surface area (Å²) in [5.74, 6) is 0.0416. The average Bonchev–Trinajstić information content (AvgIpc) is 2.15. The van der Waals surface area contributed by atoms with E-state index in [-0.39, 0.29) is 18.5 Å². The third-order valence-corrected chi connectivity index (χ3v) is 1.89. The predicted molar refractivity (Wildman–Crippen MR) is 49.4 cm³/mol. The molecule has 0 rings (SSSR count). The van der Waals surface area contributed by atoms with Crippen LogP contribution >= 0.6 is 0 Å². The fraction of sp³-hybridized carbons (Fsp3) is 1.00. The molecule has 0 aliphatic carbocycles. The van der Waals surface area contributed by atoms with Crippen LogP contribution in [-0.4, -0.2) is 40.5 Å². The summed E-state index contributed by atoms with van der Waals surface area (Å²) in [6.45, 7) is 4.50. The van der Waals surface area contributed by atoms with Gasteiger partial charge in [0.15, 0.2) is 12.6 Å². The van der Waals surface area contributed by atoms with Crippen molar-refractivity contribution in [3.05, 3.63) is 0 Å². The quantitative estimate of drug-likeness (QED) is 0.569. The van der Waals surface area contributed by atoms with Gasteiger partial charge < -0.3 is 18.9 Å². The zero-order valence-electron chi connectivity index (χ0n) is 9.07. The van der Waals surface area contributed by atoms with Gasteiger partial charge in [-0.1, -0.05) is 6.92 Å². The van der Waals surface area contributed by atoms with Crippen molar-refractivity contribution in [2.24, 2.45) is 5.92 Å². The Labute approximate surface area is 80.1 Å². The number of methoxy groups -OCH3 is 3. The molecule has 4 heteroatoms. The number of hydrogen-bond donors (Lipinski definition) is 0. The van der Waals surface area contributed by atoms with Gasteiger partial charge in [0.25, 0.3) is 0 Å². The van der Waals surface area contributed by atoms with E-state index >= 15 is 0 Å². The molecular formula is C9H20O4. The molecule has 2 unspecified atom stereocenters. The van der Waals surface area contributed by atoms with Crippen molar-refractivity contribution >= 4 is 0 Å². The standard InChI is InChI=1S/C9H20O4/c1-6-13-9(12-5)7(2)8(10-3)11-4/h7-9H,6H2,1-5H3. The lowest BCUT2D eigenvalue weighted by Gasteiger charge is -2.27. The summed E-state index contributed by atoms with van der Waals surface area (Å²) < 4.78 is 20.7. The molecule has 4 nitrogen and oxygen atoms in total. The van der Waals surface area contributed by atoms with Gasteiger partial charge >= 0.3 is 0 Å². The maximum absolute atomic E-state index is 5.36. The maximum Gasteiger partial charge on any atom is 0.164 e. The van der Waals surface area contributed by atoms with E-state index in [9.17, 15) is 0 Å². The van der Waals surface area contributed by atoms with Crippen LogP contribution < -0.4 is 0 Å². The van der Waals surface area contributed by atoms with Gasteiger partial charge in [-0.05, 0) is 6.92 Å². The summed E-state index contributed by atoms with van der Waals surface area (Å²) in [5, 5.41) is 0. The van der Waals surface area contributed by atoms with Crippen LogP contribution in [0.5, 0.6) is 0 Å². The van der Waals surface area contributed by atoms with Crippen LogP contribution in [0.3, 0.4) is 0 Å². The summed E-state index contributed by atoms with van der Waals surface area (Å²) >= 11 is 0. The van der Waals surface area contributed by atoms with Gasteiger partial charge in [0.2, 0.25) is 0 Å². The molecule has 0 heterocycles. The van der Waals surface area contributed by atoms with Gasteiger partial charge in [-0.15, -0.1) is 0 Å². The number of hydrogen-bond acceptors (Lipinski definition) is 4. The summed E-state index contributed by atoms with van der Waals surface area (Å²) in [7, 11) is 4.81. The Balaban J connectivity index is 4.07. The van der Waals surface area contributed by atoms with E-state index in [1.54, 1.807) is 21.3 Å². The minimum absolute atomic E-state index is 0.0416. The fourth-order valence-electron chi connectivity index (χ4n) is 1.25. The molecule has 0 fully saturated rings. The van der Waals surface area contributed by atoms with Crippen molar-refractivity contribution in [3.8, 4) is 0 Å². The Morgan fingerprint density at radius 2 is 1.38 bits per heavy atom. The van der Waals surface area contributed by atoms with Crippen molar-refractivity contribution < 1.29 is 18.9 Å². The molecule has 0 amide bonds. The van der Waals surface area contributed by atoms with Crippen LogP contribution in [0.4, 0.5) is 0 Å². The Bertz CT molecular complexity index is 114. The summed E-state index contributed by atoms with van der Waals surface area (Å²) in [6, 6.07) is 0. The predicted octanol–water partition coefficient (Wildman–Crippen LogP) is 1.25. The van der Waals surface area contributed by atoms with Gasteiger partial charge in [-0.25, -0.2) is 0 Å². The molecular weight excluding hydrogens is 172 g/mol. The first-order valence-corrected chi connectivity index (χ1v) is 4.41. The van der Waals surface area contributed by atoms with Crippen LogP contribution in [-0.2, 0) is 18.9 Å². The average molecular weight is 192 g/mol. The minimum Gasteiger partial charge on any atom is -0.355 e. The highest BCUT2D eigenvalue weighted by atomic mass is 16.7. The SMILES string of the molecule is CCOC(OC)C(C)C(OC)OC. The van der Waals surface area contributed by atoms with E-state index in [0.717, 1.165) is 0 Å². The van der Waals surface area contributed by atoms with Crippen LogP contribution in [0.25, 0.3) is 0 Å². The minimum atomic E-state index is -0.295. The Morgan fingerprint density at radius 1 is 0.923 bits per heavy atom. The molecule has 0 aliphatic heterocycles. The molecule has 0 spiro atoms.